The third-order valence-corrected chi connectivity index (χ3v) is 1.96. The molecule has 0 aliphatic carbocycles. The summed E-state index contributed by atoms with van der Waals surface area (Å²) in [4.78, 5) is 16.4. The second-order valence-electron chi connectivity index (χ2n) is 1.97. The summed E-state index contributed by atoms with van der Waals surface area (Å²) in [6.45, 7) is 0.345. The van der Waals surface area contributed by atoms with Crippen LogP contribution in [0.15, 0.2) is 4.99 Å². The van der Waals surface area contributed by atoms with Crippen LogP contribution in [0.25, 0.3) is 0 Å². The SMILES string of the molecule is CN(C)C1=NCC(=O)S1. The molecule has 0 aromatic heterocycles. The molecule has 1 heterocycles. The van der Waals surface area contributed by atoms with Crippen LogP contribution in [0, 0.1) is 0 Å². The Morgan fingerprint density at radius 3 is 2.56 bits per heavy atom. The molecule has 1 aliphatic heterocycles. The molecule has 50 valence electrons. The molecule has 9 heavy (non-hydrogen) atoms. The maximum absolute atomic E-state index is 10.6. The van der Waals surface area contributed by atoms with E-state index in [1.54, 1.807) is 0 Å². The van der Waals surface area contributed by atoms with Gasteiger partial charge in [0.1, 0.15) is 6.54 Å². The first-order valence-electron chi connectivity index (χ1n) is 2.62. The van der Waals surface area contributed by atoms with E-state index >= 15 is 0 Å². The zero-order valence-electron chi connectivity index (χ0n) is 5.42. The molecule has 0 fully saturated rings. The van der Waals surface area contributed by atoms with Gasteiger partial charge >= 0.3 is 0 Å². The summed E-state index contributed by atoms with van der Waals surface area (Å²) in [7, 11) is 3.76. The number of carbonyl (C=O) groups excluding carboxylic acids is 1. The first-order chi connectivity index (χ1) is 4.20. The highest BCUT2D eigenvalue weighted by atomic mass is 32.2. The van der Waals surface area contributed by atoms with E-state index in [1.807, 2.05) is 19.0 Å². The first-order valence-corrected chi connectivity index (χ1v) is 3.44. The third kappa shape index (κ3) is 1.45. The summed E-state index contributed by atoms with van der Waals surface area (Å²) in [5.74, 6) is 0. The van der Waals surface area contributed by atoms with Crippen LogP contribution in [-0.2, 0) is 4.79 Å². The Morgan fingerprint density at radius 1 is 1.67 bits per heavy atom. The van der Waals surface area contributed by atoms with Gasteiger partial charge in [-0.15, -0.1) is 0 Å². The number of hydrogen-bond donors (Lipinski definition) is 0. The summed E-state index contributed by atoms with van der Waals surface area (Å²) in [5, 5.41) is 0.957. The van der Waals surface area contributed by atoms with Crippen molar-refractivity contribution in [1.29, 1.82) is 0 Å². The van der Waals surface area contributed by atoms with E-state index in [0.717, 1.165) is 5.17 Å². The number of hydrogen-bond acceptors (Lipinski definition) is 4. The number of thioether (sulfide) groups is 1. The molecular formula is C5H8N2OS. The molecule has 0 aromatic carbocycles. The Kier molecular flexibility index (Phi) is 1.75. The van der Waals surface area contributed by atoms with Gasteiger partial charge in [-0.1, -0.05) is 0 Å². The largest absolute Gasteiger partial charge is 0.357 e. The average molecular weight is 144 g/mol. The first kappa shape index (κ1) is 6.61. The minimum Gasteiger partial charge on any atom is -0.357 e. The predicted molar refractivity (Wildman–Crippen MR) is 38.6 cm³/mol. The summed E-state index contributed by atoms with van der Waals surface area (Å²) in [6, 6.07) is 0. The van der Waals surface area contributed by atoms with Crippen molar-refractivity contribution in [1.82, 2.24) is 4.90 Å². The summed E-state index contributed by atoms with van der Waals surface area (Å²) in [5.41, 5.74) is 0. The Balaban J connectivity index is 2.55. The fourth-order valence-electron chi connectivity index (χ4n) is 0.531. The average Bonchev–Trinajstić information content (AvgIpc) is 2.14. The lowest BCUT2D eigenvalue weighted by Crippen LogP contribution is -2.16. The van der Waals surface area contributed by atoms with Crippen LogP contribution in [0.2, 0.25) is 0 Å². The zero-order chi connectivity index (χ0) is 6.85. The zero-order valence-corrected chi connectivity index (χ0v) is 6.23. The molecule has 4 heteroatoms. The van der Waals surface area contributed by atoms with Gasteiger partial charge in [0.25, 0.3) is 0 Å². The molecule has 0 N–H and O–H groups in total. The van der Waals surface area contributed by atoms with Crippen LogP contribution in [-0.4, -0.2) is 35.8 Å². The van der Waals surface area contributed by atoms with Crippen molar-refractivity contribution in [2.24, 2.45) is 4.99 Å². The van der Waals surface area contributed by atoms with E-state index in [2.05, 4.69) is 4.99 Å². The highest BCUT2D eigenvalue weighted by molar-refractivity contribution is 8.26. The lowest BCUT2D eigenvalue weighted by Gasteiger charge is -2.07. The summed E-state index contributed by atoms with van der Waals surface area (Å²) >= 11 is 1.21. The van der Waals surface area contributed by atoms with E-state index in [-0.39, 0.29) is 5.12 Å². The lowest BCUT2D eigenvalue weighted by atomic mass is 10.7. The molecule has 3 nitrogen and oxygen atoms in total. The van der Waals surface area contributed by atoms with Gasteiger partial charge < -0.3 is 4.90 Å². The highest BCUT2D eigenvalue weighted by Crippen LogP contribution is 2.14. The van der Waals surface area contributed by atoms with Crippen molar-refractivity contribution < 1.29 is 4.79 Å². The van der Waals surface area contributed by atoms with Gasteiger partial charge in [0, 0.05) is 14.1 Å². The Bertz CT molecular complexity index is 164. The van der Waals surface area contributed by atoms with Crippen LogP contribution >= 0.6 is 11.8 Å². The van der Waals surface area contributed by atoms with Crippen molar-refractivity contribution in [3.63, 3.8) is 0 Å². The molecule has 0 spiro atoms. The van der Waals surface area contributed by atoms with E-state index in [1.165, 1.54) is 11.8 Å². The topological polar surface area (TPSA) is 32.7 Å². The number of aliphatic imine (C=N–C) groups is 1. The predicted octanol–water partition coefficient (Wildman–Crippen LogP) is 0.177. The molecule has 0 atom stereocenters. The van der Waals surface area contributed by atoms with Gasteiger partial charge in [-0.25, -0.2) is 0 Å². The van der Waals surface area contributed by atoms with Gasteiger partial charge in [0.05, 0.1) is 0 Å². The minimum atomic E-state index is 0.138. The molecule has 0 saturated heterocycles. The van der Waals surface area contributed by atoms with E-state index in [4.69, 9.17) is 0 Å². The summed E-state index contributed by atoms with van der Waals surface area (Å²) < 4.78 is 0. The van der Waals surface area contributed by atoms with Gasteiger partial charge in [0.2, 0.25) is 5.12 Å². The maximum atomic E-state index is 10.6. The monoisotopic (exact) mass is 144 g/mol. The van der Waals surface area contributed by atoms with Gasteiger partial charge in [-0.2, -0.15) is 0 Å². The molecule has 0 aromatic rings. The fraction of sp³-hybridized carbons (Fsp3) is 0.600. The van der Waals surface area contributed by atoms with E-state index in [0.29, 0.717) is 6.54 Å². The quantitative estimate of drug-likeness (QED) is 0.486. The van der Waals surface area contributed by atoms with Crippen molar-refractivity contribution in [3.8, 4) is 0 Å². The molecule has 0 bridgehead atoms. The second-order valence-corrected chi connectivity index (χ2v) is 2.99. The van der Waals surface area contributed by atoms with Crippen LogP contribution in [0.5, 0.6) is 0 Å². The molecule has 0 radical (unpaired) electrons. The summed E-state index contributed by atoms with van der Waals surface area (Å²) in [6.07, 6.45) is 0. The standard InChI is InChI=1S/C5H8N2OS/c1-7(2)5-6-3-4(8)9-5/h3H2,1-2H3. The van der Waals surface area contributed by atoms with Crippen molar-refractivity contribution in [2.75, 3.05) is 20.6 Å². The van der Waals surface area contributed by atoms with Crippen LogP contribution < -0.4 is 0 Å². The number of amidine groups is 1. The Morgan fingerprint density at radius 2 is 2.33 bits per heavy atom. The van der Waals surface area contributed by atoms with Crippen molar-refractivity contribution in [3.05, 3.63) is 0 Å². The Hall–Kier alpha value is -0.510. The number of nitrogens with zero attached hydrogens (tertiary/aromatic N) is 2. The molecule has 0 saturated carbocycles. The molecular weight excluding hydrogens is 136 g/mol. The fourth-order valence-corrected chi connectivity index (χ4v) is 1.18. The maximum Gasteiger partial charge on any atom is 0.218 e. The molecule has 1 aliphatic rings. The normalized spacial score (nSPS) is 18.0. The molecule has 0 amide bonds. The van der Waals surface area contributed by atoms with Crippen LogP contribution in [0.4, 0.5) is 0 Å². The molecule has 0 unspecified atom stereocenters. The van der Waals surface area contributed by atoms with Gasteiger partial charge in [-0.3, -0.25) is 9.79 Å². The van der Waals surface area contributed by atoms with Gasteiger partial charge in [0.15, 0.2) is 5.17 Å². The van der Waals surface area contributed by atoms with Gasteiger partial charge in [-0.05, 0) is 11.8 Å². The number of carbonyl (C=O) groups is 1. The van der Waals surface area contributed by atoms with Crippen LogP contribution in [0.3, 0.4) is 0 Å². The second kappa shape index (κ2) is 2.39. The minimum absolute atomic E-state index is 0.138. The highest BCUT2D eigenvalue weighted by Gasteiger charge is 2.16. The van der Waals surface area contributed by atoms with Crippen molar-refractivity contribution >= 4 is 22.0 Å². The smallest absolute Gasteiger partial charge is 0.218 e. The Labute approximate surface area is 58.1 Å². The third-order valence-electron chi connectivity index (χ3n) is 0.931. The molecule has 1 rings (SSSR count). The van der Waals surface area contributed by atoms with Crippen molar-refractivity contribution in [2.45, 2.75) is 0 Å². The van der Waals surface area contributed by atoms with Crippen LogP contribution in [0.1, 0.15) is 0 Å². The van der Waals surface area contributed by atoms with E-state index in [9.17, 15) is 4.79 Å². The number of rotatable bonds is 0. The van der Waals surface area contributed by atoms with E-state index < -0.39 is 0 Å². The lowest BCUT2D eigenvalue weighted by molar-refractivity contribution is -0.109.